The highest BCUT2D eigenvalue weighted by Gasteiger charge is 2.26. The molecule has 2 unspecified atom stereocenters. The van der Waals surface area contributed by atoms with Crippen molar-refractivity contribution >= 4 is 18.0 Å². The highest BCUT2D eigenvalue weighted by molar-refractivity contribution is 7.85. The van der Waals surface area contributed by atoms with E-state index in [-0.39, 0.29) is 11.8 Å². The zero-order chi connectivity index (χ0) is 9.07. The molecule has 0 aromatic rings. The van der Waals surface area contributed by atoms with Crippen LogP contribution in [0.5, 0.6) is 0 Å². The lowest BCUT2D eigenvalue weighted by atomic mass is 10.3. The van der Waals surface area contributed by atoms with Crippen LogP contribution in [-0.2, 0) is 9.09 Å². The predicted octanol–water partition coefficient (Wildman–Crippen LogP) is 3.64. The van der Waals surface area contributed by atoms with Crippen molar-refractivity contribution in [3.63, 3.8) is 0 Å². The van der Waals surface area contributed by atoms with Crippen molar-refractivity contribution in [3.05, 3.63) is 0 Å². The summed E-state index contributed by atoms with van der Waals surface area (Å²) in [6.45, 7) is 4.59. The average molecular weight is 199 g/mol. The summed E-state index contributed by atoms with van der Waals surface area (Å²) in [7, 11) is 0. The number of hydrogen-bond donors (Lipinski definition) is 0. The Hall–Kier alpha value is 0.480. The molecule has 0 radical (unpaired) electrons. The molecule has 0 saturated carbocycles. The van der Waals surface area contributed by atoms with E-state index in [0.29, 0.717) is 0 Å². The molecule has 0 fully saturated rings. The van der Waals surface area contributed by atoms with Gasteiger partial charge in [-0.05, 0) is 24.6 Å². The summed E-state index contributed by atoms with van der Waals surface area (Å²) in [6.07, 6.45) is 0.824. The Bertz CT molecular complexity index is 159. The van der Waals surface area contributed by atoms with Crippen molar-refractivity contribution in [2.24, 2.45) is 0 Å². The maximum atomic E-state index is 11.4. The van der Waals surface area contributed by atoms with E-state index in [0.717, 1.165) is 6.42 Å². The van der Waals surface area contributed by atoms with Gasteiger partial charge in [0.05, 0.1) is 6.10 Å². The zero-order valence-electron chi connectivity index (χ0n) is 7.50. The molecule has 4 heteroatoms. The van der Waals surface area contributed by atoms with E-state index in [9.17, 15) is 4.57 Å². The van der Waals surface area contributed by atoms with Crippen LogP contribution in [0.4, 0.5) is 0 Å². The summed E-state index contributed by atoms with van der Waals surface area (Å²) < 4.78 is 16.6. The Morgan fingerprint density at radius 1 is 1.45 bits per heavy atom. The van der Waals surface area contributed by atoms with Crippen molar-refractivity contribution in [2.75, 3.05) is 0 Å². The second-order valence-electron chi connectivity index (χ2n) is 2.94. The van der Waals surface area contributed by atoms with Crippen LogP contribution in [-0.4, -0.2) is 11.8 Å². The third-order valence-electron chi connectivity index (χ3n) is 1.52. The lowest BCUT2D eigenvalue weighted by Crippen LogP contribution is -2.06. The van der Waals surface area contributed by atoms with Crippen LogP contribution in [0.2, 0.25) is 0 Å². The smallest absolute Gasteiger partial charge is 0.292 e. The highest BCUT2D eigenvalue weighted by Crippen LogP contribution is 2.57. The van der Waals surface area contributed by atoms with E-state index in [1.54, 1.807) is 13.8 Å². The van der Waals surface area contributed by atoms with Crippen molar-refractivity contribution in [3.8, 4) is 0 Å². The Morgan fingerprint density at radius 2 is 1.91 bits per heavy atom. The Balaban J connectivity index is 4.02. The van der Waals surface area contributed by atoms with Gasteiger partial charge in [0.25, 0.3) is 6.72 Å². The molecular formula is C7H16ClO2P. The third-order valence-corrected chi connectivity index (χ3v) is 4.81. The molecule has 0 heterocycles. The predicted molar refractivity (Wildman–Crippen MR) is 49.4 cm³/mol. The molecule has 2 atom stereocenters. The summed E-state index contributed by atoms with van der Waals surface area (Å²) in [5.41, 5.74) is -0.0989. The maximum absolute atomic E-state index is 11.4. The average Bonchev–Trinajstić information content (AvgIpc) is 1.86. The Labute approximate surface area is 73.5 Å². The first kappa shape index (κ1) is 11.5. The fraction of sp³-hybridized carbons (Fsp3) is 1.00. The second-order valence-corrected chi connectivity index (χ2v) is 6.64. The van der Waals surface area contributed by atoms with E-state index in [4.69, 9.17) is 15.8 Å². The third kappa shape index (κ3) is 4.15. The minimum absolute atomic E-state index is 0.0132. The van der Waals surface area contributed by atoms with E-state index in [1.807, 2.05) is 13.8 Å². The van der Waals surface area contributed by atoms with Crippen molar-refractivity contribution in [2.45, 2.75) is 45.9 Å². The van der Waals surface area contributed by atoms with Crippen molar-refractivity contribution in [1.82, 2.24) is 0 Å². The largest absolute Gasteiger partial charge is 0.314 e. The molecule has 11 heavy (non-hydrogen) atoms. The molecule has 2 nitrogen and oxygen atoms in total. The molecule has 0 rings (SSSR count). The van der Waals surface area contributed by atoms with E-state index in [2.05, 4.69) is 0 Å². The molecule has 0 aliphatic carbocycles. The summed E-state index contributed by atoms with van der Waals surface area (Å²) in [5.74, 6) is 0. The van der Waals surface area contributed by atoms with Gasteiger partial charge in [0.1, 0.15) is 0 Å². The van der Waals surface area contributed by atoms with Gasteiger partial charge in [-0.1, -0.05) is 20.8 Å². The molecule has 0 aromatic heterocycles. The van der Waals surface area contributed by atoms with Crippen LogP contribution >= 0.6 is 18.0 Å². The first-order valence-electron chi connectivity index (χ1n) is 3.88. The van der Waals surface area contributed by atoms with Crippen LogP contribution in [0.25, 0.3) is 0 Å². The normalized spacial score (nSPS) is 19.8. The van der Waals surface area contributed by atoms with Gasteiger partial charge in [0, 0.05) is 5.66 Å². The minimum Gasteiger partial charge on any atom is -0.314 e. The first-order valence-corrected chi connectivity index (χ1v) is 6.47. The minimum atomic E-state index is -2.86. The molecule has 0 bridgehead atoms. The van der Waals surface area contributed by atoms with Gasteiger partial charge in [-0.2, -0.15) is 0 Å². The summed E-state index contributed by atoms with van der Waals surface area (Å²) in [5, 5.41) is 0. The highest BCUT2D eigenvalue weighted by atomic mass is 35.7. The standard InChI is InChI=1S/C7H16ClO2P/c1-5-7(4)10-11(8,9)6(2)3/h6-7H,5H2,1-4H3. The molecule has 0 spiro atoms. The van der Waals surface area contributed by atoms with Gasteiger partial charge in [0.15, 0.2) is 0 Å². The second kappa shape index (κ2) is 4.49. The molecule has 0 amide bonds. The molecule has 0 saturated heterocycles. The summed E-state index contributed by atoms with van der Waals surface area (Å²) in [6, 6.07) is 0. The summed E-state index contributed by atoms with van der Waals surface area (Å²) in [4.78, 5) is 0. The number of halogens is 1. The Morgan fingerprint density at radius 3 is 2.18 bits per heavy atom. The van der Waals surface area contributed by atoms with E-state index in [1.165, 1.54) is 0 Å². The van der Waals surface area contributed by atoms with Gasteiger partial charge in [-0.3, -0.25) is 4.57 Å². The zero-order valence-corrected chi connectivity index (χ0v) is 9.15. The van der Waals surface area contributed by atoms with Crippen molar-refractivity contribution in [1.29, 1.82) is 0 Å². The van der Waals surface area contributed by atoms with Crippen LogP contribution < -0.4 is 0 Å². The van der Waals surface area contributed by atoms with Crippen LogP contribution in [0.3, 0.4) is 0 Å². The monoisotopic (exact) mass is 198 g/mol. The molecule has 0 N–H and O–H groups in total. The lowest BCUT2D eigenvalue weighted by molar-refractivity contribution is 0.224. The molecule has 68 valence electrons. The van der Waals surface area contributed by atoms with Crippen LogP contribution in [0.15, 0.2) is 0 Å². The van der Waals surface area contributed by atoms with Gasteiger partial charge in [-0.25, -0.2) is 0 Å². The summed E-state index contributed by atoms with van der Waals surface area (Å²) >= 11 is 5.68. The van der Waals surface area contributed by atoms with Crippen molar-refractivity contribution < 1.29 is 9.09 Å². The fourth-order valence-corrected chi connectivity index (χ4v) is 1.73. The van der Waals surface area contributed by atoms with Crippen LogP contribution in [0.1, 0.15) is 34.1 Å². The van der Waals surface area contributed by atoms with Gasteiger partial charge in [0.2, 0.25) is 0 Å². The first-order chi connectivity index (χ1) is 4.90. The van der Waals surface area contributed by atoms with E-state index < -0.39 is 6.72 Å². The van der Waals surface area contributed by atoms with E-state index >= 15 is 0 Å². The Kier molecular flexibility index (Phi) is 4.69. The maximum Gasteiger partial charge on any atom is 0.292 e. The quantitative estimate of drug-likeness (QED) is 0.645. The molecule has 0 aliphatic heterocycles. The molecular weight excluding hydrogens is 183 g/mol. The topological polar surface area (TPSA) is 26.3 Å². The fourth-order valence-electron chi connectivity index (χ4n) is 0.442. The molecule has 0 aliphatic rings. The number of hydrogen-bond acceptors (Lipinski definition) is 2. The van der Waals surface area contributed by atoms with Gasteiger partial charge < -0.3 is 4.52 Å². The van der Waals surface area contributed by atoms with Gasteiger partial charge in [-0.15, -0.1) is 0 Å². The lowest BCUT2D eigenvalue weighted by Gasteiger charge is -2.18. The molecule has 0 aromatic carbocycles. The SMILES string of the molecule is CCC(C)OP(=O)(Cl)C(C)C. The van der Waals surface area contributed by atoms with Gasteiger partial charge >= 0.3 is 0 Å². The number of rotatable bonds is 4. The van der Waals surface area contributed by atoms with Crippen LogP contribution in [0, 0.1) is 0 Å².